The molecule has 1 atom stereocenters. The van der Waals surface area contributed by atoms with E-state index in [1.54, 1.807) is 25.3 Å². The van der Waals surface area contributed by atoms with Crippen molar-refractivity contribution < 1.29 is 13.2 Å². The van der Waals surface area contributed by atoms with E-state index in [1.807, 2.05) is 37.3 Å². The Morgan fingerprint density at radius 3 is 2.26 bits per heavy atom. The monoisotopic (exact) mass is 353 g/mol. The molecule has 0 saturated carbocycles. The van der Waals surface area contributed by atoms with Crippen LogP contribution in [0.4, 0.5) is 0 Å². The molecule has 2 aromatic carbocycles. The van der Waals surface area contributed by atoms with Crippen molar-refractivity contribution in [3.05, 3.63) is 65.2 Å². The first-order valence-corrected chi connectivity index (χ1v) is 9.16. The zero-order valence-corrected chi connectivity index (χ0v) is 14.7. The maximum atomic E-state index is 12.5. The highest BCUT2D eigenvalue weighted by molar-refractivity contribution is 7.89. The lowest BCUT2D eigenvalue weighted by atomic mass is 9.91. The second-order valence-corrected chi connectivity index (χ2v) is 7.32. The molecule has 0 fully saturated rings. The predicted molar refractivity (Wildman–Crippen MR) is 92.1 cm³/mol. The fraction of sp³-hybridized carbons (Fsp3) is 0.294. The van der Waals surface area contributed by atoms with Crippen molar-refractivity contribution in [2.75, 3.05) is 13.7 Å². The van der Waals surface area contributed by atoms with Crippen LogP contribution >= 0.6 is 11.6 Å². The van der Waals surface area contributed by atoms with Crippen LogP contribution in [-0.2, 0) is 20.4 Å². The number of ether oxygens (including phenoxy) is 1. The summed E-state index contributed by atoms with van der Waals surface area (Å²) in [4.78, 5) is 0.0656. The maximum Gasteiger partial charge on any atom is 0.242 e. The highest BCUT2D eigenvalue weighted by atomic mass is 35.5. The van der Waals surface area contributed by atoms with E-state index in [-0.39, 0.29) is 16.5 Å². The van der Waals surface area contributed by atoms with Crippen molar-refractivity contribution in [1.29, 1.82) is 0 Å². The second-order valence-electron chi connectivity index (χ2n) is 5.17. The Bertz CT molecular complexity index is 743. The molecule has 0 spiro atoms. The summed E-state index contributed by atoms with van der Waals surface area (Å²) in [7, 11) is -2.13. The Hall–Kier alpha value is -1.40. The lowest BCUT2D eigenvalue weighted by Crippen LogP contribution is -2.41. The Morgan fingerprint density at radius 1 is 1.09 bits per heavy atom. The minimum absolute atomic E-state index is 0.0656. The molecule has 0 amide bonds. The fourth-order valence-corrected chi connectivity index (χ4v) is 4.06. The first-order chi connectivity index (χ1) is 10.9. The van der Waals surface area contributed by atoms with Crippen LogP contribution in [0.1, 0.15) is 18.9 Å². The Kier molecular flexibility index (Phi) is 5.81. The van der Waals surface area contributed by atoms with Crippen molar-refractivity contribution in [3.8, 4) is 0 Å². The molecular weight excluding hydrogens is 334 g/mol. The predicted octanol–water partition coefficient (Wildman–Crippen LogP) is 3.57. The molecule has 124 valence electrons. The van der Waals surface area contributed by atoms with Gasteiger partial charge in [0.15, 0.2) is 0 Å². The van der Waals surface area contributed by atoms with E-state index < -0.39 is 15.6 Å². The van der Waals surface area contributed by atoms with Gasteiger partial charge in [-0.1, -0.05) is 61.0 Å². The summed E-state index contributed by atoms with van der Waals surface area (Å²) in [5, 5.41) is 0.194. The number of methoxy groups -OCH3 is 1. The lowest BCUT2D eigenvalue weighted by Gasteiger charge is -2.32. The largest absolute Gasteiger partial charge is 0.372 e. The van der Waals surface area contributed by atoms with E-state index in [0.29, 0.717) is 6.42 Å². The van der Waals surface area contributed by atoms with Gasteiger partial charge in [0, 0.05) is 13.7 Å². The minimum Gasteiger partial charge on any atom is -0.372 e. The molecule has 0 saturated heterocycles. The number of sulfonamides is 1. The van der Waals surface area contributed by atoms with E-state index in [4.69, 9.17) is 16.3 Å². The molecule has 0 bridgehead atoms. The summed E-state index contributed by atoms with van der Waals surface area (Å²) < 4.78 is 33.3. The second kappa shape index (κ2) is 7.45. The van der Waals surface area contributed by atoms with Crippen molar-refractivity contribution >= 4 is 21.6 Å². The zero-order valence-electron chi connectivity index (χ0n) is 13.1. The van der Waals surface area contributed by atoms with E-state index in [1.165, 1.54) is 6.07 Å². The summed E-state index contributed by atoms with van der Waals surface area (Å²) in [6.07, 6.45) is 0.624. The number of halogens is 1. The molecule has 0 unspecified atom stereocenters. The molecule has 4 nitrogen and oxygen atoms in total. The molecule has 23 heavy (non-hydrogen) atoms. The van der Waals surface area contributed by atoms with Gasteiger partial charge in [0.25, 0.3) is 0 Å². The third kappa shape index (κ3) is 3.93. The third-order valence-corrected chi connectivity index (χ3v) is 5.84. The van der Waals surface area contributed by atoms with Gasteiger partial charge in [-0.15, -0.1) is 0 Å². The lowest BCUT2D eigenvalue weighted by molar-refractivity contribution is -0.0133. The van der Waals surface area contributed by atoms with Crippen LogP contribution in [0.3, 0.4) is 0 Å². The zero-order chi connectivity index (χ0) is 16.9. The average Bonchev–Trinajstić information content (AvgIpc) is 2.57. The Labute approximate surface area is 142 Å². The highest BCUT2D eigenvalue weighted by Crippen LogP contribution is 2.29. The molecule has 0 aromatic heterocycles. The van der Waals surface area contributed by atoms with Crippen LogP contribution in [0, 0.1) is 0 Å². The van der Waals surface area contributed by atoms with Crippen LogP contribution in [0.5, 0.6) is 0 Å². The van der Waals surface area contributed by atoms with Crippen LogP contribution in [0.15, 0.2) is 59.5 Å². The van der Waals surface area contributed by atoms with Crippen molar-refractivity contribution in [3.63, 3.8) is 0 Å². The number of hydrogen-bond donors (Lipinski definition) is 1. The maximum absolute atomic E-state index is 12.5. The SMILES string of the molecule is CC[C@@](CNS(=O)(=O)c1ccccc1Cl)(OC)c1ccccc1. The van der Waals surface area contributed by atoms with Crippen LogP contribution < -0.4 is 4.72 Å². The molecule has 0 aliphatic rings. The van der Waals surface area contributed by atoms with E-state index in [2.05, 4.69) is 4.72 Å². The average molecular weight is 354 g/mol. The molecule has 0 heterocycles. The van der Waals surface area contributed by atoms with E-state index in [9.17, 15) is 8.42 Å². The summed E-state index contributed by atoms with van der Waals surface area (Å²) in [5.41, 5.74) is 0.196. The topological polar surface area (TPSA) is 55.4 Å². The Morgan fingerprint density at radius 2 is 1.70 bits per heavy atom. The molecule has 0 radical (unpaired) electrons. The first kappa shape index (κ1) is 17.9. The van der Waals surface area contributed by atoms with Gasteiger partial charge in [0.2, 0.25) is 10.0 Å². The summed E-state index contributed by atoms with van der Waals surface area (Å²) in [6.45, 7) is 2.08. The van der Waals surface area contributed by atoms with Crippen molar-refractivity contribution in [1.82, 2.24) is 4.72 Å². The van der Waals surface area contributed by atoms with Crippen LogP contribution in [0.2, 0.25) is 5.02 Å². The quantitative estimate of drug-likeness (QED) is 0.827. The normalized spacial score (nSPS) is 14.4. The third-order valence-electron chi connectivity index (χ3n) is 3.94. The van der Waals surface area contributed by atoms with Gasteiger partial charge >= 0.3 is 0 Å². The molecule has 2 rings (SSSR count). The van der Waals surface area contributed by atoms with Gasteiger partial charge in [-0.25, -0.2) is 13.1 Å². The number of rotatable bonds is 7. The van der Waals surface area contributed by atoms with Crippen molar-refractivity contribution in [2.24, 2.45) is 0 Å². The van der Waals surface area contributed by atoms with Gasteiger partial charge < -0.3 is 4.74 Å². The van der Waals surface area contributed by atoms with Crippen LogP contribution in [-0.4, -0.2) is 22.1 Å². The van der Waals surface area contributed by atoms with E-state index >= 15 is 0 Å². The van der Waals surface area contributed by atoms with Gasteiger partial charge in [0.1, 0.15) is 10.5 Å². The van der Waals surface area contributed by atoms with Gasteiger partial charge in [0.05, 0.1) is 5.02 Å². The molecule has 1 N–H and O–H groups in total. The number of benzene rings is 2. The minimum atomic E-state index is -3.71. The fourth-order valence-electron chi connectivity index (χ4n) is 2.46. The summed E-state index contributed by atoms with van der Waals surface area (Å²) >= 11 is 5.99. The summed E-state index contributed by atoms with van der Waals surface area (Å²) in [5.74, 6) is 0. The standard InChI is InChI=1S/C17H20ClNO3S/c1-3-17(22-2,14-9-5-4-6-10-14)13-19-23(20,21)16-12-8-7-11-15(16)18/h4-12,19H,3,13H2,1-2H3/t17-/m0/s1. The number of nitrogens with one attached hydrogen (secondary N) is 1. The van der Waals surface area contributed by atoms with Gasteiger partial charge in [-0.05, 0) is 24.1 Å². The molecule has 2 aromatic rings. The molecule has 0 aliphatic heterocycles. The highest BCUT2D eigenvalue weighted by Gasteiger charge is 2.32. The molecule has 6 heteroatoms. The summed E-state index contributed by atoms with van der Waals surface area (Å²) in [6, 6.07) is 15.9. The Balaban J connectivity index is 2.28. The van der Waals surface area contributed by atoms with Gasteiger partial charge in [-0.3, -0.25) is 0 Å². The number of hydrogen-bond acceptors (Lipinski definition) is 3. The molecular formula is C17H20ClNO3S. The van der Waals surface area contributed by atoms with Gasteiger partial charge in [-0.2, -0.15) is 0 Å². The van der Waals surface area contributed by atoms with Crippen LogP contribution in [0.25, 0.3) is 0 Å². The van der Waals surface area contributed by atoms with E-state index in [0.717, 1.165) is 5.56 Å². The van der Waals surface area contributed by atoms with Crippen molar-refractivity contribution in [2.45, 2.75) is 23.8 Å². The first-order valence-electron chi connectivity index (χ1n) is 7.30. The smallest absolute Gasteiger partial charge is 0.242 e. The molecule has 0 aliphatic carbocycles.